The molecule has 6 rings (SSSR count). The first-order valence-corrected chi connectivity index (χ1v) is 13.7. The van der Waals surface area contributed by atoms with Gasteiger partial charge in [-0.15, -0.1) is 0 Å². The van der Waals surface area contributed by atoms with E-state index in [4.69, 9.17) is 0 Å². The number of anilines is 3. The molecule has 3 aromatic carbocycles. The van der Waals surface area contributed by atoms with Crippen LogP contribution in [0.3, 0.4) is 0 Å². The number of nitrogens with zero attached hydrogens (tertiary/aromatic N) is 2. The Bertz CT molecular complexity index is 1500. The number of aryl methyl sites for hydroxylation is 1. The maximum absolute atomic E-state index is 14.5. The van der Waals surface area contributed by atoms with Crippen LogP contribution < -0.4 is 20.4 Å². The molecule has 40 heavy (non-hydrogen) atoms. The minimum Gasteiger partial charge on any atom is -0.325 e. The normalized spacial score (nSPS) is 25.2. The minimum atomic E-state index is -1.44. The van der Waals surface area contributed by atoms with E-state index in [1.807, 2.05) is 55.5 Å². The van der Waals surface area contributed by atoms with Crippen molar-refractivity contribution in [3.8, 4) is 0 Å². The van der Waals surface area contributed by atoms with Gasteiger partial charge in [0.15, 0.2) is 0 Å². The van der Waals surface area contributed by atoms with Gasteiger partial charge in [-0.2, -0.15) is 0 Å². The number of hydrogen-bond acceptors (Lipinski definition) is 5. The molecule has 3 aliphatic rings. The zero-order valence-electron chi connectivity index (χ0n) is 22.8. The first-order valence-electron chi connectivity index (χ1n) is 13.7. The van der Waals surface area contributed by atoms with E-state index in [-0.39, 0.29) is 36.2 Å². The lowest BCUT2D eigenvalue weighted by atomic mass is 9.76. The number of imide groups is 1. The van der Waals surface area contributed by atoms with Crippen LogP contribution in [0.4, 0.5) is 17.1 Å². The Morgan fingerprint density at radius 3 is 2.30 bits per heavy atom. The number of amides is 4. The fourth-order valence-corrected chi connectivity index (χ4v) is 6.63. The van der Waals surface area contributed by atoms with E-state index in [0.29, 0.717) is 29.0 Å². The number of para-hydroxylation sites is 2. The van der Waals surface area contributed by atoms with Crippen LogP contribution in [0, 0.1) is 24.7 Å². The second kappa shape index (κ2) is 9.71. The topological polar surface area (TPSA) is 98.8 Å². The zero-order chi connectivity index (χ0) is 28.2. The van der Waals surface area contributed by atoms with Crippen LogP contribution in [-0.4, -0.2) is 36.2 Å². The number of benzene rings is 3. The van der Waals surface area contributed by atoms with E-state index in [9.17, 15) is 19.2 Å². The average Bonchev–Trinajstić information content (AvgIpc) is 3.49. The van der Waals surface area contributed by atoms with Crippen LogP contribution in [0.2, 0.25) is 0 Å². The molecule has 204 valence electrons. The van der Waals surface area contributed by atoms with Crippen LogP contribution in [0.5, 0.6) is 0 Å². The van der Waals surface area contributed by atoms with Gasteiger partial charge < -0.3 is 10.2 Å². The highest BCUT2D eigenvalue weighted by molar-refractivity contribution is 6.26. The molecule has 3 heterocycles. The maximum atomic E-state index is 14.5. The summed E-state index contributed by atoms with van der Waals surface area (Å²) in [5.41, 5.74) is 1.96. The molecule has 3 aliphatic heterocycles. The van der Waals surface area contributed by atoms with Gasteiger partial charge in [-0.05, 0) is 49.6 Å². The highest BCUT2D eigenvalue weighted by Crippen LogP contribution is 2.55. The van der Waals surface area contributed by atoms with Crippen LogP contribution >= 0.6 is 0 Å². The third-order valence-electron chi connectivity index (χ3n) is 8.24. The zero-order valence-corrected chi connectivity index (χ0v) is 22.8. The largest absolute Gasteiger partial charge is 0.325 e. The van der Waals surface area contributed by atoms with Crippen molar-refractivity contribution >= 4 is 40.7 Å². The number of hydrogen-bond donors (Lipinski definition) is 2. The molecule has 0 saturated carbocycles. The molecule has 0 aromatic heterocycles. The van der Waals surface area contributed by atoms with Crippen molar-refractivity contribution in [3.05, 3.63) is 90.0 Å². The van der Waals surface area contributed by atoms with Gasteiger partial charge in [0.2, 0.25) is 17.7 Å². The van der Waals surface area contributed by atoms with Crippen molar-refractivity contribution in [2.45, 2.75) is 38.8 Å². The molecule has 0 aliphatic carbocycles. The molecule has 0 unspecified atom stereocenters. The van der Waals surface area contributed by atoms with Crippen molar-refractivity contribution < 1.29 is 19.2 Å². The summed E-state index contributed by atoms with van der Waals surface area (Å²) in [6.45, 7) is 5.87. The minimum absolute atomic E-state index is 0.218. The molecule has 4 atom stereocenters. The van der Waals surface area contributed by atoms with E-state index in [0.717, 1.165) is 5.56 Å². The summed E-state index contributed by atoms with van der Waals surface area (Å²) in [7, 11) is 0. The molecule has 8 nitrogen and oxygen atoms in total. The Balaban J connectivity index is 1.40. The summed E-state index contributed by atoms with van der Waals surface area (Å²) >= 11 is 0. The lowest BCUT2D eigenvalue weighted by Gasteiger charge is -2.31. The third kappa shape index (κ3) is 3.93. The second-order valence-corrected chi connectivity index (χ2v) is 11.4. The van der Waals surface area contributed by atoms with Gasteiger partial charge in [-0.25, -0.2) is 4.90 Å². The van der Waals surface area contributed by atoms with Gasteiger partial charge in [0.25, 0.3) is 5.91 Å². The molecule has 1 spiro atoms. The molecular formula is C32H32N4O4. The van der Waals surface area contributed by atoms with Crippen LogP contribution in [-0.2, 0) is 24.7 Å². The molecule has 8 heteroatoms. The van der Waals surface area contributed by atoms with E-state index in [2.05, 4.69) is 24.5 Å². The van der Waals surface area contributed by atoms with Gasteiger partial charge in [-0.1, -0.05) is 67.9 Å². The molecule has 2 saturated heterocycles. The van der Waals surface area contributed by atoms with Crippen molar-refractivity contribution in [3.63, 3.8) is 0 Å². The molecule has 4 amide bonds. The summed E-state index contributed by atoms with van der Waals surface area (Å²) < 4.78 is 0. The lowest BCUT2D eigenvalue weighted by molar-refractivity contribution is -0.132. The van der Waals surface area contributed by atoms with Crippen LogP contribution in [0.15, 0.2) is 78.9 Å². The SMILES string of the molecule is Cc1ccc(NC(=O)CN2C(=O)[C@]3(N[C@H](CC(C)C)[C@H]4C(=O)N(c5ccccc5)C(=O)[C@@H]43)c3ccccc32)cc1. The van der Waals surface area contributed by atoms with Gasteiger partial charge in [-0.3, -0.25) is 24.5 Å². The Labute approximate surface area is 233 Å². The van der Waals surface area contributed by atoms with E-state index >= 15 is 0 Å². The van der Waals surface area contributed by atoms with Gasteiger partial charge in [0, 0.05) is 23.0 Å². The monoisotopic (exact) mass is 536 g/mol. The van der Waals surface area contributed by atoms with Crippen molar-refractivity contribution in [2.75, 3.05) is 21.7 Å². The summed E-state index contributed by atoms with van der Waals surface area (Å²) in [5.74, 6) is -2.82. The summed E-state index contributed by atoms with van der Waals surface area (Å²) in [6.07, 6.45) is 0.619. The first-order chi connectivity index (χ1) is 19.2. The number of nitrogens with one attached hydrogen (secondary N) is 2. The predicted octanol–water partition coefficient (Wildman–Crippen LogP) is 4.00. The molecular weight excluding hydrogens is 504 g/mol. The van der Waals surface area contributed by atoms with Gasteiger partial charge >= 0.3 is 0 Å². The van der Waals surface area contributed by atoms with Gasteiger partial charge in [0.1, 0.15) is 12.1 Å². The Kier molecular flexibility index (Phi) is 6.30. The number of carbonyl (C=O) groups excluding carboxylic acids is 4. The standard InChI is InChI=1S/C32H32N4O4/c1-19(2)17-24-27-28(30(39)36(29(27)38)22-9-5-4-6-10-22)32(34-24)23-11-7-8-12-25(23)35(31(32)40)18-26(37)33-21-15-13-20(3)14-16-21/h4-16,19,24,27-28,34H,17-18H2,1-3H3,(H,33,37)/t24-,27-,28-,32+/m1/s1. The molecule has 3 aromatic rings. The number of carbonyl (C=O) groups is 4. The molecule has 0 radical (unpaired) electrons. The molecule has 2 fully saturated rings. The number of fused-ring (bicyclic) bond motifs is 4. The highest BCUT2D eigenvalue weighted by Gasteiger charge is 2.71. The Morgan fingerprint density at radius 1 is 0.925 bits per heavy atom. The summed E-state index contributed by atoms with van der Waals surface area (Å²) in [4.78, 5) is 58.4. The second-order valence-electron chi connectivity index (χ2n) is 11.4. The average molecular weight is 537 g/mol. The predicted molar refractivity (Wildman–Crippen MR) is 153 cm³/mol. The molecule has 0 bridgehead atoms. The van der Waals surface area contributed by atoms with Crippen molar-refractivity contribution in [1.82, 2.24) is 5.32 Å². The smallest absolute Gasteiger partial charge is 0.253 e. The quantitative estimate of drug-likeness (QED) is 0.464. The van der Waals surface area contributed by atoms with Crippen LogP contribution in [0.1, 0.15) is 31.4 Å². The lowest BCUT2D eigenvalue weighted by Crippen LogP contribution is -2.56. The third-order valence-corrected chi connectivity index (χ3v) is 8.24. The summed E-state index contributed by atoms with van der Waals surface area (Å²) in [6, 6.07) is 23.2. The highest BCUT2D eigenvalue weighted by atomic mass is 16.2. The van der Waals surface area contributed by atoms with Crippen LogP contribution in [0.25, 0.3) is 0 Å². The first kappa shape index (κ1) is 26.0. The van der Waals surface area contributed by atoms with E-state index < -0.39 is 23.3 Å². The Hall–Kier alpha value is -4.30. The van der Waals surface area contributed by atoms with Crippen molar-refractivity contribution in [1.29, 1.82) is 0 Å². The van der Waals surface area contributed by atoms with E-state index in [1.54, 1.807) is 30.3 Å². The fraction of sp³-hybridized carbons (Fsp3) is 0.312. The Morgan fingerprint density at radius 2 is 1.60 bits per heavy atom. The van der Waals surface area contributed by atoms with E-state index in [1.165, 1.54) is 9.80 Å². The number of rotatable bonds is 6. The van der Waals surface area contributed by atoms with Crippen molar-refractivity contribution in [2.24, 2.45) is 17.8 Å². The maximum Gasteiger partial charge on any atom is 0.253 e. The van der Waals surface area contributed by atoms with Gasteiger partial charge in [0.05, 0.1) is 17.5 Å². The molecule has 2 N–H and O–H groups in total. The summed E-state index contributed by atoms with van der Waals surface area (Å²) in [5, 5.41) is 6.38. The fourth-order valence-electron chi connectivity index (χ4n) is 6.63.